The summed E-state index contributed by atoms with van der Waals surface area (Å²) in [5, 5.41) is 0. The second-order valence-corrected chi connectivity index (χ2v) is 3.00. The molecule has 1 heteroatoms. The summed E-state index contributed by atoms with van der Waals surface area (Å²) in [6, 6.07) is 0. The summed E-state index contributed by atoms with van der Waals surface area (Å²) in [7, 11) is 0. The van der Waals surface area contributed by atoms with Crippen LogP contribution in [-0.4, -0.2) is 13.2 Å². The first kappa shape index (κ1) is 10.7. The van der Waals surface area contributed by atoms with E-state index in [1.165, 1.54) is 19.3 Å². The van der Waals surface area contributed by atoms with Crippen LogP contribution in [-0.2, 0) is 4.74 Å². The summed E-state index contributed by atoms with van der Waals surface area (Å²) >= 11 is 0. The summed E-state index contributed by atoms with van der Waals surface area (Å²) in [4.78, 5) is 0. The van der Waals surface area contributed by atoms with Gasteiger partial charge in [-0.25, -0.2) is 0 Å². The quantitative estimate of drug-likeness (QED) is 0.406. The Morgan fingerprint density at radius 1 is 1.45 bits per heavy atom. The van der Waals surface area contributed by atoms with Gasteiger partial charge in [0.15, 0.2) is 0 Å². The molecule has 0 saturated heterocycles. The average molecular weight is 156 g/mol. The van der Waals surface area contributed by atoms with Gasteiger partial charge in [0.25, 0.3) is 0 Å². The van der Waals surface area contributed by atoms with Gasteiger partial charge in [0.1, 0.15) is 0 Å². The lowest BCUT2D eigenvalue weighted by atomic mass is 10.2. The fourth-order valence-electron chi connectivity index (χ4n) is 0.791. The highest BCUT2D eigenvalue weighted by atomic mass is 16.5. The predicted octanol–water partition coefficient (Wildman–Crippen LogP) is 3.02. The van der Waals surface area contributed by atoms with Crippen molar-refractivity contribution >= 4 is 0 Å². The van der Waals surface area contributed by atoms with E-state index in [4.69, 9.17) is 4.74 Å². The molecule has 0 N–H and O–H groups in total. The summed E-state index contributed by atoms with van der Waals surface area (Å²) in [6.45, 7) is 9.75. The van der Waals surface area contributed by atoms with E-state index in [0.717, 1.165) is 13.2 Å². The number of unbranched alkanes of at least 4 members (excludes halogenated alkanes) is 2. The molecule has 1 unspecified atom stereocenters. The van der Waals surface area contributed by atoms with Crippen molar-refractivity contribution in [2.24, 2.45) is 5.92 Å². The van der Waals surface area contributed by atoms with Gasteiger partial charge in [0.2, 0.25) is 0 Å². The third kappa shape index (κ3) is 7.60. The van der Waals surface area contributed by atoms with E-state index in [1.54, 1.807) is 0 Å². The molecule has 0 heterocycles. The van der Waals surface area contributed by atoms with E-state index in [2.05, 4.69) is 20.4 Å². The fourth-order valence-corrected chi connectivity index (χ4v) is 0.791. The number of ether oxygens (including phenoxy) is 1. The maximum atomic E-state index is 5.42. The molecule has 0 aliphatic heterocycles. The molecule has 0 aromatic rings. The van der Waals surface area contributed by atoms with Crippen LogP contribution in [0.15, 0.2) is 12.7 Å². The Bertz CT molecular complexity index is 88.9. The highest BCUT2D eigenvalue weighted by Crippen LogP contribution is 1.98. The molecule has 0 bridgehead atoms. The number of rotatable bonds is 7. The van der Waals surface area contributed by atoms with Crippen molar-refractivity contribution in [2.45, 2.75) is 33.1 Å². The van der Waals surface area contributed by atoms with Crippen LogP contribution in [0, 0.1) is 5.92 Å². The number of hydrogen-bond acceptors (Lipinski definition) is 1. The molecule has 0 amide bonds. The van der Waals surface area contributed by atoms with Gasteiger partial charge in [-0.3, -0.25) is 0 Å². The average Bonchev–Trinajstić information content (AvgIpc) is 2.04. The third-order valence-corrected chi connectivity index (χ3v) is 1.68. The van der Waals surface area contributed by atoms with Crippen molar-refractivity contribution in [2.75, 3.05) is 13.2 Å². The van der Waals surface area contributed by atoms with Crippen molar-refractivity contribution in [3.8, 4) is 0 Å². The standard InChI is InChI=1S/C10H20O/c1-4-6-7-8-11-9-10(3)5-2/h5,10H,2,4,6-9H2,1,3H3. The van der Waals surface area contributed by atoms with Gasteiger partial charge in [0.05, 0.1) is 6.61 Å². The second-order valence-electron chi connectivity index (χ2n) is 3.00. The molecule has 0 aromatic heterocycles. The Balaban J connectivity index is 2.95. The fraction of sp³-hybridized carbons (Fsp3) is 0.800. The minimum absolute atomic E-state index is 0.497. The first-order chi connectivity index (χ1) is 5.31. The van der Waals surface area contributed by atoms with Gasteiger partial charge in [-0.1, -0.05) is 32.8 Å². The molecule has 0 aromatic carbocycles. The zero-order chi connectivity index (χ0) is 8.53. The lowest BCUT2D eigenvalue weighted by Crippen LogP contribution is -2.03. The van der Waals surface area contributed by atoms with E-state index in [-0.39, 0.29) is 0 Å². The molecule has 0 aliphatic carbocycles. The minimum Gasteiger partial charge on any atom is -0.381 e. The normalized spacial score (nSPS) is 12.9. The Hall–Kier alpha value is -0.300. The highest BCUT2D eigenvalue weighted by Gasteiger charge is 1.94. The van der Waals surface area contributed by atoms with Crippen molar-refractivity contribution in [3.63, 3.8) is 0 Å². The van der Waals surface area contributed by atoms with Crippen LogP contribution in [0.1, 0.15) is 33.1 Å². The molecule has 1 atom stereocenters. The van der Waals surface area contributed by atoms with Crippen molar-refractivity contribution in [1.82, 2.24) is 0 Å². The van der Waals surface area contributed by atoms with E-state index >= 15 is 0 Å². The monoisotopic (exact) mass is 156 g/mol. The molecule has 0 fully saturated rings. The largest absolute Gasteiger partial charge is 0.381 e. The van der Waals surface area contributed by atoms with Crippen molar-refractivity contribution in [3.05, 3.63) is 12.7 Å². The van der Waals surface area contributed by atoms with Crippen LogP contribution in [0.3, 0.4) is 0 Å². The lowest BCUT2D eigenvalue weighted by molar-refractivity contribution is 0.113. The molecule has 66 valence electrons. The lowest BCUT2D eigenvalue weighted by Gasteiger charge is -2.06. The van der Waals surface area contributed by atoms with E-state index < -0.39 is 0 Å². The topological polar surface area (TPSA) is 9.23 Å². The Morgan fingerprint density at radius 3 is 2.73 bits per heavy atom. The van der Waals surface area contributed by atoms with Crippen LogP contribution in [0.25, 0.3) is 0 Å². The van der Waals surface area contributed by atoms with Crippen LogP contribution >= 0.6 is 0 Å². The van der Waals surface area contributed by atoms with Crippen LogP contribution in [0.4, 0.5) is 0 Å². The van der Waals surface area contributed by atoms with Crippen molar-refractivity contribution in [1.29, 1.82) is 0 Å². The van der Waals surface area contributed by atoms with E-state index in [0.29, 0.717) is 5.92 Å². The molecular weight excluding hydrogens is 136 g/mol. The van der Waals surface area contributed by atoms with E-state index in [9.17, 15) is 0 Å². The van der Waals surface area contributed by atoms with E-state index in [1.807, 2.05) is 6.08 Å². The Morgan fingerprint density at radius 2 is 2.18 bits per heavy atom. The van der Waals surface area contributed by atoms with Gasteiger partial charge < -0.3 is 4.74 Å². The van der Waals surface area contributed by atoms with Crippen molar-refractivity contribution < 1.29 is 4.74 Å². The molecule has 0 saturated carbocycles. The molecular formula is C10H20O. The summed E-state index contributed by atoms with van der Waals surface area (Å²) in [6.07, 6.45) is 5.67. The third-order valence-electron chi connectivity index (χ3n) is 1.68. The first-order valence-corrected chi connectivity index (χ1v) is 4.51. The Kier molecular flexibility index (Phi) is 7.59. The number of hydrogen-bond donors (Lipinski definition) is 0. The SMILES string of the molecule is C=CC(C)COCCCCC. The zero-order valence-electron chi connectivity index (χ0n) is 7.81. The van der Waals surface area contributed by atoms with Crippen LogP contribution < -0.4 is 0 Å². The Labute approximate surface area is 70.4 Å². The molecule has 0 radical (unpaired) electrons. The predicted molar refractivity (Wildman–Crippen MR) is 49.7 cm³/mol. The summed E-state index contributed by atoms with van der Waals surface area (Å²) < 4.78 is 5.42. The summed E-state index contributed by atoms with van der Waals surface area (Å²) in [5.41, 5.74) is 0. The van der Waals surface area contributed by atoms with Crippen LogP contribution in [0.5, 0.6) is 0 Å². The molecule has 0 rings (SSSR count). The first-order valence-electron chi connectivity index (χ1n) is 4.51. The second kappa shape index (κ2) is 7.80. The summed E-state index contributed by atoms with van der Waals surface area (Å²) in [5.74, 6) is 0.497. The molecule has 0 aliphatic rings. The maximum absolute atomic E-state index is 5.42. The molecule has 1 nitrogen and oxygen atoms in total. The van der Waals surface area contributed by atoms with Gasteiger partial charge >= 0.3 is 0 Å². The maximum Gasteiger partial charge on any atom is 0.0526 e. The zero-order valence-corrected chi connectivity index (χ0v) is 7.81. The van der Waals surface area contributed by atoms with Crippen LogP contribution in [0.2, 0.25) is 0 Å². The minimum atomic E-state index is 0.497. The van der Waals surface area contributed by atoms with Gasteiger partial charge in [-0.15, -0.1) is 6.58 Å². The van der Waals surface area contributed by atoms with Gasteiger partial charge in [-0.05, 0) is 12.3 Å². The smallest absolute Gasteiger partial charge is 0.0526 e. The molecule has 11 heavy (non-hydrogen) atoms. The van der Waals surface area contributed by atoms with Gasteiger partial charge in [0, 0.05) is 6.61 Å². The molecule has 0 spiro atoms. The van der Waals surface area contributed by atoms with Gasteiger partial charge in [-0.2, -0.15) is 0 Å². The highest BCUT2D eigenvalue weighted by molar-refractivity contribution is 4.73.